The molecule has 0 saturated heterocycles. The SMILES string of the molecule is CC(C)Oc1cccc(C(C)NC(=O)Cn2cnc3c(cnn3C)c2=O)c1. The minimum Gasteiger partial charge on any atom is -0.491 e. The lowest BCUT2D eigenvalue weighted by Crippen LogP contribution is -2.34. The number of carbonyl (C=O) groups is 1. The second-order valence-electron chi connectivity index (χ2n) is 6.71. The summed E-state index contributed by atoms with van der Waals surface area (Å²) in [7, 11) is 1.71. The Morgan fingerprint density at radius 2 is 2.07 bits per heavy atom. The van der Waals surface area contributed by atoms with E-state index in [1.807, 2.05) is 45.0 Å². The molecule has 1 N–H and O–H groups in total. The Bertz CT molecular complexity index is 1020. The van der Waals surface area contributed by atoms with Crippen LogP contribution < -0.4 is 15.6 Å². The van der Waals surface area contributed by atoms with Crippen molar-refractivity contribution in [1.82, 2.24) is 24.6 Å². The smallest absolute Gasteiger partial charge is 0.264 e. The number of fused-ring (bicyclic) bond motifs is 1. The largest absolute Gasteiger partial charge is 0.491 e. The van der Waals surface area contributed by atoms with Crippen LogP contribution >= 0.6 is 0 Å². The second-order valence-corrected chi connectivity index (χ2v) is 6.71. The lowest BCUT2D eigenvalue weighted by Gasteiger charge is -2.17. The van der Waals surface area contributed by atoms with E-state index in [-0.39, 0.29) is 30.2 Å². The molecule has 27 heavy (non-hydrogen) atoms. The molecule has 8 heteroatoms. The molecule has 2 aromatic heterocycles. The van der Waals surface area contributed by atoms with Crippen LogP contribution in [0, 0.1) is 0 Å². The molecule has 1 atom stereocenters. The molecule has 0 radical (unpaired) electrons. The molecule has 0 aliphatic heterocycles. The molecule has 2 heterocycles. The normalized spacial score (nSPS) is 12.3. The third-order valence-corrected chi connectivity index (χ3v) is 4.14. The van der Waals surface area contributed by atoms with Crippen LogP contribution in [-0.4, -0.2) is 31.3 Å². The summed E-state index contributed by atoms with van der Waals surface area (Å²) in [5.41, 5.74) is 1.13. The minimum atomic E-state index is -0.289. The molecule has 1 aromatic carbocycles. The van der Waals surface area contributed by atoms with Gasteiger partial charge in [-0.3, -0.25) is 18.8 Å². The van der Waals surface area contributed by atoms with E-state index in [0.29, 0.717) is 11.0 Å². The number of amides is 1. The summed E-state index contributed by atoms with van der Waals surface area (Å²) in [6.07, 6.45) is 2.90. The zero-order chi connectivity index (χ0) is 19.6. The van der Waals surface area contributed by atoms with E-state index in [2.05, 4.69) is 15.4 Å². The predicted molar refractivity (Wildman–Crippen MR) is 102 cm³/mol. The maximum Gasteiger partial charge on any atom is 0.264 e. The summed E-state index contributed by atoms with van der Waals surface area (Å²) in [6.45, 7) is 5.70. The molecule has 3 rings (SSSR count). The first-order valence-corrected chi connectivity index (χ1v) is 8.78. The molecule has 0 spiro atoms. The van der Waals surface area contributed by atoms with Crippen LogP contribution in [0.2, 0.25) is 0 Å². The molecule has 1 unspecified atom stereocenters. The Hall–Kier alpha value is -3.16. The average molecular weight is 369 g/mol. The van der Waals surface area contributed by atoms with E-state index in [1.165, 1.54) is 21.8 Å². The minimum absolute atomic E-state index is 0.0758. The summed E-state index contributed by atoms with van der Waals surface area (Å²) in [5.74, 6) is 0.482. The van der Waals surface area contributed by atoms with Gasteiger partial charge in [-0.15, -0.1) is 0 Å². The van der Waals surface area contributed by atoms with Crippen LogP contribution in [0.25, 0.3) is 11.0 Å². The number of benzene rings is 1. The average Bonchev–Trinajstić information content (AvgIpc) is 2.99. The Morgan fingerprint density at radius 3 is 2.81 bits per heavy atom. The Labute approximate surface area is 156 Å². The number of nitrogens with zero attached hydrogens (tertiary/aromatic N) is 4. The Balaban J connectivity index is 1.70. The first-order valence-electron chi connectivity index (χ1n) is 8.78. The lowest BCUT2D eigenvalue weighted by molar-refractivity contribution is -0.122. The van der Waals surface area contributed by atoms with E-state index in [9.17, 15) is 9.59 Å². The molecule has 0 bridgehead atoms. The molecule has 0 fully saturated rings. The van der Waals surface area contributed by atoms with Crippen molar-refractivity contribution < 1.29 is 9.53 Å². The van der Waals surface area contributed by atoms with Gasteiger partial charge < -0.3 is 10.1 Å². The second kappa shape index (κ2) is 7.61. The zero-order valence-electron chi connectivity index (χ0n) is 15.8. The van der Waals surface area contributed by atoms with Gasteiger partial charge in [0.05, 0.1) is 18.3 Å². The first-order chi connectivity index (χ1) is 12.8. The van der Waals surface area contributed by atoms with Gasteiger partial charge in [0.1, 0.15) is 24.0 Å². The predicted octanol–water partition coefficient (Wildman–Crippen LogP) is 1.79. The third kappa shape index (κ3) is 4.16. The first kappa shape index (κ1) is 18.6. The monoisotopic (exact) mass is 369 g/mol. The molecule has 0 aliphatic rings. The molecule has 142 valence electrons. The van der Waals surface area contributed by atoms with Crippen molar-refractivity contribution in [2.24, 2.45) is 7.05 Å². The summed E-state index contributed by atoms with van der Waals surface area (Å²) in [4.78, 5) is 29.1. The third-order valence-electron chi connectivity index (χ3n) is 4.14. The number of nitrogens with one attached hydrogen (secondary N) is 1. The number of rotatable bonds is 6. The van der Waals surface area contributed by atoms with Crippen LogP contribution in [0.3, 0.4) is 0 Å². The molecule has 3 aromatic rings. The number of hydrogen-bond acceptors (Lipinski definition) is 5. The van der Waals surface area contributed by atoms with Gasteiger partial charge in [0, 0.05) is 7.05 Å². The maximum absolute atomic E-state index is 12.5. The van der Waals surface area contributed by atoms with E-state index in [4.69, 9.17) is 4.74 Å². The van der Waals surface area contributed by atoms with Gasteiger partial charge in [-0.2, -0.15) is 5.10 Å². The van der Waals surface area contributed by atoms with Crippen LogP contribution in [0.4, 0.5) is 0 Å². The number of ether oxygens (including phenoxy) is 1. The quantitative estimate of drug-likeness (QED) is 0.715. The van der Waals surface area contributed by atoms with Gasteiger partial charge in [-0.25, -0.2) is 4.98 Å². The van der Waals surface area contributed by atoms with Crippen LogP contribution in [0.15, 0.2) is 41.6 Å². The van der Waals surface area contributed by atoms with Crippen molar-refractivity contribution >= 4 is 16.9 Å². The lowest BCUT2D eigenvalue weighted by atomic mass is 10.1. The van der Waals surface area contributed by atoms with Gasteiger partial charge in [0.2, 0.25) is 5.91 Å². The number of aromatic nitrogens is 4. The molecular weight excluding hydrogens is 346 g/mol. The van der Waals surface area contributed by atoms with Gasteiger partial charge in [0.15, 0.2) is 5.65 Å². The van der Waals surface area contributed by atoms with Gasteiger partial charge in [-0.1, -0.05) is 12.1 Å². The van der Waals surface area contributed by atoms with Crippen molar-refractivity contribution in [2.75, 3.05) is 0 Å². The summed E-state index contributed by atoms with van der Waals surface area (Å²) in [5, 5.41) is 7.31. The van der Waals surface area contributed by atoms with E-state index in [0.717, 1.165) is 11.3 Å². The summed E-state index contributed by atoms with van der Waals surface area (Å²) in [6, 6.07) is 7.37. The number of carbonyl (C=O) groups excluding carboxylic acids is 1. The molecule has 8 nitrogen and oxygen atoms in total. The maximum atomic E-state index is 12.5. The van der Waals surface area contributed by atoms with Gasteiger partial charge >= 0.3 is 0 Å². The summed E-state index contributed by atoms with van der Waals surface area (Å²) < 4.78 is 8.50. The van der Waals surface area contributed by atoms with E-state index < -0.39 is 0 Å². The Morgan fingerprint density at radius 1 is 1.30 bits per heavy atom. The van der Waals surface area contributed by atoms with Crippen molar-refractivity contribution in [3.8, 4) is 5.75 Å². The van der Waals surface area contributed by atoms with Crippen molar-refractivity contribution in [3.63, 3.8) is 0 Å². The summed E-state index contributed by atoms with van der Waals surface area (Å²) >= 11 is 0. The van der Waals surface area contributed by atoms with Crippen molar-refractivity contribution in [1.29, 1.82) is 0 Å². The molecule has 0 aliphatic carbocycles. The Kier molecular flexibility index (Phi) is 5.25. The van der Waals surface area contributed by atoms with Crippen molar-refractivity contribution in [2.45, 2.75) is 39.5 Å². The highest BCUT2D eigenvalue weighted by molar-refractivity contribution is 5.77. The van der Waals surface area contributed by atoms with Crippen molar-refractivity contribution in [3.05, 3.63) is 52.7 Å². The molecule has 1 amide bonds. The standard InChI is InChI=1S/C19H23N5O3/c1-12(2)27-15-7-5-6-14(8-15)13(3)22-17(25)10-24-11-20-18-16(19(24)26)9-21-23(18)4/h5-9,11-13H,10H2,1-4H3,(H,22,25). The van der Waals surface area contributed by atoms with Gasteiger partial charge in [-0.05, 0) is 38.5 Å². The fourth-order valence-corrected chi connectivity index (χ4v) is 2.83. The van der Waals surface area contributed by atoms with E-state index in [1.54, 1.807) is 7.05 Å². The van der Waals surface area contributed by atoms with Crippen LogP contribution in [0.5, 0.6) is 5.75 Å². The zero-order valence-corrected chi connectivity index (χ0v) is 15.8. The number of hydrogen-bond donors (Lipinski definition) is 1. The number of aryl methyl sites for hydroxylation is 1. The fourth-order valence-electron chi connectivity index (χ4n) is 2.83. The molecule has 0 saturated carbocycles. The van der Waals surface area contributed by atoms with Crippen LogP contribution in [-0.2, 0) is 18.4 Å². The van der Waals surface area contributed by atoms with Crippen LogP contribution in [0.1, 0.15) is 32.4 Å². The topological polar surface area (TPSA) is 91.0 Å². The van der Waals surface area contributed by atoms with E-state index >= 15 is 0 Å². The van der Waals surface area contributed by atoms with Gasteiger partial charge in [0.25, 0.3) is 5.56 Å². The highest BCUT2D eigenvalue weighted by Crippen LogP contribution is 2.20. The highest BCUT2D eigenvalue weighted by Gasteiger charge is 2.14. The fraction of sp³-hybridized carbons (Fsp3) is 0.368. The highest BCUT2D eigenvalue weighted by atomic mass is 16.5. The molecular formula is C19H23N5O3.